The van der Waals surface area contributed by atoms with Crippen LogP contribution in [0.1, 0.15) is 10.4 Å². The molecule has 0 aliphatic heterocycles. The Bertz CT molecular complexity index is 628. The van der Waals surface area contributed by atoms with Crippen molar-refractivity contribution >= 4 is 6.29 Å². The van der Waals surface area contributed by atoms with Crippen molar-refractivity contribution in [3.05, 3.63) is 48.6 Å². The predicted octanol–water partition coefficient (Wildman–Crippen LogP) is 3.61. The highest BCUT2D eigenvalue weighted by Crippen LogP contribution is 2.35. The van der Waals surface area contributed by atoms with Gasteiger partial charge in [-0.15, -0.1) is 0 Å². The molecule has 3 heterocycles. The third kappa shape index (κ3) is 1.50. The fourth-order valence-electron chi connectivity index (χ4n) is 1.71. The number of aldehydes is 1. The first kappa shape index (κ1) is 9.72. The molecule has 3 aromatic rings. The third-order valence-electron chi connectivity index (χ3n) is 2.48. The van der Waals surface area contributed by atoms with Crippen molar-refractivity contribution < 1.29 is 18.0 Å². The fourth-order valence-corrected chi connectivity index (χ4v) is 1.71. The molecule has 3 rings (SSSR count). The lowest BCUT2D eigenvalue weighted by Gasteiger charge is -1.97. The fraction of sp³-hybridized carbons (Fsp3) is 0. The summed E-state index contributed by atoms with van der Waals surface area (Å²) >= 11 is 0. The van der Waals surface area contributed by atoms with E-state index in [2.05, 4.69) is 0 Å². The highest BCUT2D eigenvalue weighted by Gasteiger charge is 2.18. The summed E-state index contributed by atoms with van der Waals surface area (Å²) in [5.41, 5.74) is 1.21. The molecule has 0 saturated carbocycles. The summed E-state index contributed by atoms with van der Waals surface area (Å²) in [6.07, 6.45) is 5.29. The van der Waals surface area contributed by atoms with E-state index < -0.39 is 0 Å². The minimum atomic E-state index is 0.413. The van der Waals surface area contributed by atoms with Crippen molar-refractivity contribution in [3.8, 4) is 22.8 Å². The highest BCUT2D eigenvalue weighted by atomic mass is 16.4. The van der Waals surface area contributed by atoms with Crippen molar-refractivity contribution in [1.82, 2.24) is 0 Å². The molecular formula is C13H8O4. The zero-order valence-electron chi connectivity index (χ0n) is 8.75. The highest BCUT2D eigenvalue weighted by molar-refractivity contribution is 5.87. The summed E-state index contributed by atoms with van der Waals surface area (Å²) in [5, 5.41) is 0. The summed E-state index contributed by atoms with van der Waals surface area (Å²) in [7, 11) is 0. The molecule has 0 aliphatic rings. The van der Waals surface area contributed by atoms with Crippen LogP contribution in [0.4, 0.5) is 0 Å². The first-order valence-electron chi connectivity index (χ1n) is 5.04. The van der Waals surface area contributed by atoms with Crippen molar-refractivity contribution in [2.45, 2.75) is 0 Å². The van der Waals surface area contributed by atoms with Gasteiger partial charge in [0.05, 0.1) is 29.9 Å². The minimum absolute atomic E-state index is 0.413. The smallest absolute Gasteiger partial charge is 0.180 e. The third-order valence-corrected chi connectivity index (χ3v) is 2.48. The lowest BCUT2D eigenvalue weighted by atomic mass is 10.1. The summed E-state index contributed by atoms with van der Waals surface area (Å²) in [5.74, 6) is 1.57. The van der Waals surface area contributed by atoms with Crippen molar-refractivity contribution in [2.75, 3.05) is 0 Å². The molecule has 0 spiro atoms. The second kappa shape index (κ2) is 3.83. The van der Waals surface area contributed by atoms with Gasteiger partial charge < -0.3 is 13.3 Å². The maximum absolute atomic E-state index is 10.9. The van der Waals surface area contributed by atoms with E-state index in [1.54, 1.807) is 24.5 Å². The van der Waals surface area contributed by atoms with Gasteiger partial charge >= 0.3 is 0 Å². The Kier molecular flexibility index (Phi) is 2.19. The average molecular weight is 228 g/mol. The number of furan rings is 3. The van der Waals surface area contributed by atoms with Gasteiger partial charge in [-0.3, -0.25) is 4.79 Å². The Balaban J connectivity index is 2.17. The monoisotopic (exact) mass is 228 g/mol. The normalized spacial score (nSPS) is 10.6. The molecule has 0 aromatic carbocycles. The van der Waals surface area contributed by atoms with Gasteiger partial charge in [0.15, 0.2) is 17.8 Å². The van der Waals surface area contributed by atoms with Gasteiger partial charge in [-0.1, -0.05) is 0 Å². The molecule has 0 fully saturated rings. The average Bonchev–Trinajstić information content (AvgIpc) is 3.09. The first-order chi connectivity index (χ1) is 8.40. The molecule has 0 saturated heterocycles. The Morgan fingerprint density at radius 3 is 2.47 bits per heavy atom. The Hall–Kier alpha value is -2.49. The molecule has 3 aromatic heterocycles. The van der Waals surface area contributed by atoms with E-state index >= 15 is 0 Å². The molecule has 0 unspecified atom stereocenters. The summed E-state index contributed by atoms with van der Waals surface area (Å²) in [4.78, 5) is 10.9. The molecule has 0 amide bonds. The van der Waals surface area contributed by atoms with E-state index in [-0.39, 0.29) is 0 Å². The topological polar surface area (TPSA) is 56.5 Å². The Morgan fingerprint density at radius 2 is 1.71 bits per heavy atom. The molecule has 0 aliphatic carbocycles. The number of hydrogen-bond acceptors (Lipinski definition) is 4. The summed E-state index contributed by atoms with van der Waals surface area (Å²) in [6.45, 7) is 0. The van der Waals surface area contributed by atoms with Gasteiger partial charge in [-0.2, -0.15) is 0 Å². The van der Waals surface area contributed by atoms with Crippen molar-refractivity contribution in [2.24, 2.45) is 0 Å². The Labute approximate surface area is 96.5 Å². The van der Waals surface area contributed by atoms with Crippen LogP contribution in [0.25, 0.3) is 22.8 Å². The van der Waals surface area contributed by atoms with Crippen molar-refractivity contribution in [3.63, 3.8) is 0 Å². The van der Waals surface area contributed by atoms with E-state index in [1.807, 2.05) is 6.07 Å². The molecule has 4 nitrogen and oxygen atoms in total. The van der Waals surface area contributed by atoms with E-state index in [1.165, 1.54) is 12.5 Å². The molecule has 0 N–H and O–H groups in total. The van der Waals surface area contributed by atoms with Crippen LogP contribution in [-0.4, -0.2) is 6.29 Å². The quantitative estimate of drug-likeness (QED) is 0.642. The molecule has 17 heavy (non-hydrogen) atoms. The standard InChI is InChI=1S/C13H8O4/c14-8-9-3-6-16-12(9)13-10(4-7-17-13)11-2-1-5-15-11/h1-8H. The number of hydrogen-bond donors (Lipinski definition) is 0. The van der Waals surface area contributed by atoms with Crippen LogP contribution >= 0.6 is 0 Å². The van der Waals surface area contributed by atoms with E-state index in [0.717, 1.165) is 11.8 Å². The molecule has 0 atom stereocenters. The zero-order valence-corrected chi connectivity index (χ0v) is 8.75. The van der Waals surface area contributed by atoms with E-state index in [4.69, 9.17) is 13.3 Å². The Morgan fingerprint density at radius 1 is 0.882 bits per heavy atom. The van der Waals surface area contributed by atoms with Gasteiger partial charge in [0.1, 0.15) is 5.76 Å². The van der Waals surface area contributed by atoms with E-state index in [9.17, 15) is 4.79 Å². The maximum atomic E-state index is 10.9. The second-order valence-corrected chi connectivity index (χ2v) is 3.46. The van der Waals surface area contributed by atoms with Crippen LogP contribution < -0.4 is 0 Å². The molecule has 0 bridgehead atoms. The van der Waals surface area contributed by atoms with Crippen LogP contribution in [0.3, 0.4) is 0 Å². The van der Waals surface area contributed by atoms with Crippen LogP contribution in [-0.2, 0) is 0 Å². The van der Waals surface area contributed by atoms with Gasteiger partial charge in [0.25, 0.3) is 0 Å². The maximum Gasteiger partial charge on any atom is 0.180 e. The SMILES string of the molecule is O=Cc1ccoc1-c1occc1-c1ccco1. The van der Waals surface area contributed by atoms with Crippen LogP contribution in [0.5, 0.6) is 0 Å². The summed E-state index contributed by atoms with van der Waals surface area (Å²) in [6, 6.07) is 6.97. The number of rotatable bonds is 3. The molecule has 4 heteroatoms. The number of carbonyl (C=O) groups is 1. The van der Waals surface area contributed by atoms with Gasteiger partial charge in [0, 0.05) is 0 Å². The zero-order chi connectivity index (χ0) is 11.7. The molecule has 84 valence electrons. The number of carbonyl (C=O) groups excluding carboxylic acids is 1. The van der Waals surface area contributed by atoms with E-state index in [0.29, 0.717) is 22.8 Å². The lowest BCUT2D eigenvalue weighted by molar-refractivity contribution is 0.112. The first-order valence-corrected chi connectivity index (χ1v) is 5.04. The largest absolute Gasteiger partial charge is 0.464 e. The van der Waals surface area contributed by atoms with Crippen molar-refractivity contribution in [1.29, 1.82) is 0 Å². The van der Waals surface area contributed by atoms with Crippen LogP contribution in [0.15, 0.2) is 56.3 Å². The van der Waals surface area contributed by atoms with Gasteiger partial charge in [-0.05, 0) is 24.3 Å². The van der Waals surface area contributed by atoms with Gasteiger partial charge in [-0.25, -0.2) is 0 Å². The lowest BCUT2D eigenvalue weighted by Crippen LogP contribution is -1.81. The molecule has 0 radical (unpaired) electrons. The molecular weight excluding hydrogens is 220 g/mol. The van der Waals surface area contributed by atoms with Gasteiger partial charge in [0.2, 0.25) is 0 Å². The van der Waals surface area contributed by atoms with Crippen LogP contribution in [0, 0.1) is 0 Å². The second-order valence-electron chi connectivity index (χ2n) is 3.46. The minimum Gasteiger partial charge on any atom is -0.464 e. The predicted molar refractivity (Wildman–Crippen MR) is 59.5 cm³/mol. The van der Waals surface area contributed by atoms with Crippen LogP contribution in [0.2, 0.25) is 0 Å². The summed E-state index contributed by atoms with van der Waals surface area (Å²) < 4.78 is 15.9.